The van der Waals surface area contributed by atoms with E-state index in [0.29, 0.717) is 57.7 Å². The molecule has 2 aliphatic rings. The Morgan fingerprint density at radius 3 is 1.59 bits per heavy atom. The Bertz CT molecular complexity index is 2200. The molecule has 6 aromatic carbocycles. The van der Waals surface area contributed by atoms with E-state index in [4.69, 9.17) is 49.5 Å². The Kier molecular flexibility index (Phi) is 15.3. The zero-order valence-electron chi connectivity index (χ0n) is 34.5. The van der Waals surface area contributed by atoms with E-state index in [-0.39, 0.29) is 6.61 Å². The van der Waals surface area contributed by atoms with Gasteiger partial charge in [0.25, 0.3) is 0 Å². The first-order valence-corrected chi connectivity index (χ1v) is 21.5. The largest absolute Gasteiger partial charge is 0.494 e. The van der Waals surface area contributed by atoms with Crippen molar-refractivity contribution in [3.05, 3.63) is 207 Å². The molecule has 0 N–H and O–H groups in total. The summed E-state index contributed by atoms with van der Waals surface area (Å²) in [6.07, 6.45) is -3.17. The highest BCUT2D eigenvalue weighted by Gasteiger charge is 2.50. The first-order valence-electron chi connectivity index (χ1n) is 21.1. The molecule has 316 valence electrons. The molecule has 0 amide bonds. The predicted molar refractivity (Wildman–Crippen MR) is 235 cm³/mol. The van der Waals surface area contributed by atoms with Crippen molar-refractivity contribution < 1.29 is 37.9 Å². The maximum absolute atomic E-state index is 7.36. The van der Waals surface area contributed by atoms with Crippen molar-refractivity contribution in [2.45, 2.75) is 76.6 Å². The van der Waals surface area contributed by atoms with E-state index in [1.54, 1.807) is 0 Å². The van der Waals surface area contributed by atoms with Crippen molar-refractivity contribution in [3.8, 4) is 5.75 Å². The van der Waals surface area contributed by atoms with E-state index < -0.39 is 36.8 Å². The summed E-state index contributed by atoms with van der Waals surface area (Å²) in [5.41, 5.74) is 7.79. The van der Waals surface area contributed by atoms with Gasteiger partial charge in [-0.3, -0.25) is 0 Å². The maximum Gasteiger partial charge on any atom is 0.184 e. The minimum atomic E-state index is -0.675. The van der Waals surface area contributed by atoms with Crippen molar-refractivity contribution in [1.29, 1.82) is 0 Å². The molecule has 0 aliphatic carbocycles. The quantitative estimate of drug-likeness (QED) is 0.0798. The van der Waals surface area contributed by atoms with Gasteiger partial charge in [0, 0.05) is 10.6 Å². The molecule has 2 heterocycles. The van der Waals surface area contributed by atoms with Crippen LogP contribution in [-0.4, -0.2) is 50.8 Å². The van der Waals surface area contributed by atoms with Gasteiger partial charge in [0.15, 0.2) is 6.29 Å². The highest BCUT2D eigenvalue weighted by molar-refractivity contribution is 6.31. The topological polar surface area (TPSA) is 73.8 Å². The second-order valence-electron chi connectivity index (χ2n) is 15.3. The Labute approximate surface area is 364 Å². The van der Waals surface area contributed by atoms with Crippen LogP contribution in [0.2, 0.25) is 5.02 Å². The van der Waals surface area contributed by atoms with Crippen molar-refractivity contribution >= 4 is 11.6 Å². The number of rotatable bonds is 19. The third-order valence-electron chi connectivity index (χ3n) is 10.9. The van der Waals surface area contributed by atoms with Gasteiger partial charge >= 0.3 is 0 Å². The maximum atomic E-state index is 7.36. The van der Waals surface area contributed by atoms with E-state index in [1.165, 1.54) is 0 Å². The second-order valence-corrected chi connectivity index (χ2v) is 15.7. The average molecular weight is 841 g/mol. The van der Waals surface area contributed by atoms with Gasteiger partial charge in [0.2, 0.25) is 0 Å². The third kappa shape index (κ3) is 11.5. The summed E-state index contributed by atoms with van der Waals surface area (Å²) >= 11 is 7.18. The second kappa shape index (κ2) is 21.8. The molecule has 8 nitrogen and oxygen atoms in total. The summed E-state index contributed by atoms with van der Waals surface area (Å²) in [4.78, 5) is 0. The van der Waals surface area contributed by atoms with Gasteiger partial charge in [-0.25, -0.2) is 0 Å². The Morgan fingerprint density at radius 2 is 1.05 bits per heavy atom. The summed E-state index contributed by atoms with van der Waals surface area (Å²) in [6, 6.07) is 52.8. The molecule has 2 aliphatic heterocycles. The Balaban J connectivity index is 1.22. The SMILES string of the molecule is CCOc1ccc(Cc2cc(C3OC(COCc4ccccc4)C(OCc4ccccc4)C(OCc4ccccc4)C3OCc3ccccc3)c(C3OCCO3)cc2Cl)cc1. The average Bonchev–Trinajstić information content (AvgIpc) is 3.85. The van der Waals surface area contributed by atoms with E-state index in [2.05, 4.69) is 66.7 Å². The lowest BCUT2D eigenvalue weighted by atomic mass is 9.86. The van der Waals surface area contributed by atoms with Crippen LogP contribution in [0.5, 0.6) is 5.75 Å². The van der Waals surface area contributed by atoms with Gasteiger partial charge in [-0.15, -0.1) is 0 Å². The summed E-state index contributed by atoms with van der Waals surface area (Å²) < 4.78 is 53.1. The Hall–Kier alpha value is -4.87. The molecule has 5 unspecified atom stereocenters. The lowest BCUT2D eigenvalue weighted by Crippen LogP contribution is -2.58. The summed E-state index contributed by atoms with van der Waals surface area (Å²) in [5.74, 6) is 0.823. The minimum Gasteiger partial charge on any atom is -0.494 e. The first kappa shape index (κ1) is 42.8. The molecule has 8 rings (SSSR count). The van der Waals surface area contributed by atoms with Crippen LogP contribution < -0.4 is 4.74 Å². The van der Waals surface area contributed by atoms with Gasteiger partial charge in [-0.1, -0.05) is 151 Å². The number of halogens is 1. The highest BCUT2D eigenvalue weighted by Crippen LogP contribution is 2.44. The zero-order chi connectivity index (χ0) is 41.6. The fourth-order valence-electron chi connectivity index (χ4n) is 7.91. The van der Waals surface area contributed by atoms with Gasteiger partial charge in [-0.2, -0.15) is 0 Å². The van der Waals surface area contributed by atoms with Crippen LogP contribution in [0.15, 0.2) is 158 Å². The van der Waals surface area contributed by atoms with Crippen LogP contribution in [0.4, 0.5) is 0 Å². The monoisotopic (exact) mass is 840 g/mol. The Morgan fingerprint density at radius 1 is 0.541 bits per heavy atom. The number of hydrogen-bond donors (Lipinski definition) is 0. The van der Waals surface area contributed by atoms with Crippen molar-refractivity contribution in [3.63, 3.8) is 0 Å². The van der Waals surface area contributed by atoms with E-state index >= 15 is 0 Å². The molecule has 9 heteroatoms. The van der Waals surface area contributed by atoms with Crippen LogP contribution in [-0.2, 0) is 66.0 Å². The van der Waals surface area contributed by atoms with E-state index in [0.717, 1.165) is 50.3 Å². The van der Waals surface area contributed by atoms with Crippen LogP contribution in [0.3, 0.4) is 0 Å². The molecular formula is C52H53ClO8. The molecule has 0 aromatic heterocycles. The molecular weight excluding hydrogens is 788 g/mol. The van der Waals surface area contributed by atoms with E-state index in [1.807, 2.05) is 97.9 Å². The van der Waals surface area contributed by atoms with Crippen LogP contribution in [0.25, 0.3) is 0 Å². The predicted octanol–water partition coefficient (Wildman–Crippen LogP) is 10.8. The van der Waals surface area contributed by atoms with Gasteiger partial charge in [-0.05, 0) is 70.5 Å². The summed E-state index contributed by atoms with van der Waals surface area (Å²) in [6.45, 7) is 5.13. The molecule has 5 atom stereocenters. The summed E-state index contributed by atoms with van der Waals surface area (Å²) in [7, 11) is 0. The minimum absolute atomic E-state index is 0.236. The molecule has 2 saturated heterocycles. The van der Waals surface area contributed by atoms with Crippen LogP contribution in [0, 0.1) is 0 Å². The first-order chi connectivity index (χ1) is 30.1. The number of hydrogen-bond acceptors (Lipinski definition) is 8. The molecule has 2 fully saturated rings. The molecule has 6 aromatic rings. The smallest absolute Gasteiger partial charge is 0.184 e. The van der Waals surface area contributed by atoms with Crippen molar-refractivity contribution in [2.75, 3.05) is 26.4 Å². The third-order valence-corrected chi connectivity index (χ3v) is 11.3. The van der Waals surface area contributed by atoms with Crippen molar-refractivity contribution in [1.82, 2.24) is 0 Å². The van der Waals surface area contributed by atoms with E-state index in [9.17, 15) is 0 Å². The zero-order valence-corrected chi connectivity index (χ0v) is 35.2. The normalized spacial score (nSPS) is 20.5. The van der Waals surface area contributed by atoms with Crippen LogP contribution >= 0.6 is 11.6 Å². The fourth-order valence-corrected chi connectivity index (χ4v) is 8.15. The van der Waals surface area contributed by atoms with Gasteiger partial charge < -0.3 is 37.9 Å². The molecule has 61 heavy (non-hydrogen) atoms. The standard InChI is InChI=1S/C52H53ClO8/c1-2-55-43-25-23-37(24-26-43)29-42-30-44(45(31-46(42)53)52-56-27-28-57-52)48-50(59-34-40-19-11-5-12-20-40)51(60-35-41-21-13-6-14-22-41)49(58-33-39-17-9-4-10-18-39)47(61-48)36-54-32-38-15-7-3-8-16-38/h3-26,30-31,47-52H,2,27-29,32-36H2,1H3. The van der Waals surface area contributed by atoms with Gasteiger partial charge in [0.1, 0.15) is 36.3 Å². The lowest BCUT2D eigenvalue weighted by Gasteiger charge is -2.47. The highest BCUT2D eigenvalue weighted by atomic mass is 35.5. The molecule has 0 bridgehead atoms. The number of ether oxygens (including phenoxy) is 8. The molecule has 0 spiro atoms. The number of benzene rings is 6. The lowest BCUT2D eigenvalue weighted by molar-refractivity contribution is -0.275. The van der Waals surface area contributed by atoms with Crippen LogP contribution in [0.1, 0.15) is 63.8 Å². The van der Waals surface area contributed by atoms with Crippen molar-refractivity contribution in [2.24, 2.45) is 0 Å². The fraction of sp³-hybridized carbons (Fsp3) is 0.308. The molecule has 0 saturated carbocycles. The molecule has 0 radical (unpaired) electrons. The summed E-state index contributed by atoms with van der Waals surface area (Å²) in [5, 5.41) is 0.605. The van der Waals surface area contributed by atoms with Gasteiger partial charge in [0.05, 0.1) is 52.9 Å².